The number of aliphatic hydroxyl groups is 1. The Morgan fingerprint density at radius 1 is 1.33 bits per heavy atom. The van der Waals surface area contributed by atoms with Gasteiger partial charge >= 0.3 is 0 Å². The highest BCUT2D eigenvalue weighted by Gasteiger charge is 2.17. The van der Waals surface area contributed by atoms with Gasteiger partial charge in [0.25, 0.3) is 0 Å². The van der Waals surface area contributed by atoms with E-state index in [1.54, 1.807) is 0 Å². The van der Waals surface area contributed by atoms with E-state index in [0.29, 0.717) is 6.04 Å². The number of para-hydroxylation sites is 1. The fourth-order valence-corrected chi connectivity index (χ4v) is 2.61. The average molecular weight is 249 g/mol. The molecule has 1 saturated heterocycles. The highest BCUT2D eigenvalue weighted by Crippen LogP contribution is 2.23. The van der Waals surface area contributed by atoms with Crippen molar-refractivity contribution in [1.29, 1.82) is 0 Å². The third-order valence-corrected chi connectivity index (χ3v) is 3.62. The van der Waals surface area contributed by atoms with Gasteiger partial charge in [0.15, 0.2) is 0 Å². The summed E-state index contributed by atoms with van der Waals surface area (Å²) in [5, 5.41) is 12.8. The van der Waals surface area contributed by atoms with Crippen LogP contribution in [0.25, 0.3) is 0 Å². The smallest absolute Gasteiger partial charge is 0.0701 e. The highest BCUT2D eigenvalue weighted by molar-refractivity contribution is 5.51. The predicted molar refractivity (Wildman–Crippen MR) is 73.6 cm³/mol. The first kappa shape index (κ1) is 13.4. The van der Waals surface area contributed by atoms with Crippen LogP contribution in [0.15, 0.2) is 24.3 Å². The van der Waals surface area contributed by atoms with Gasteiger partial charge in [-0.2, -0.15) is 0 Å². The first-order chi connectivity index (χ1) is 8.79. The quantitative estimate of drug-likeness (QED) is 0.843. The zero-order valence-electron chi connectivity index (χ0n) is 11.1. The fraction of sp³-hybridized carbons (Fsp3) is 0.600. The van der Waals surface area contributed by atoms with Gasteiger partial charge in [-0.15, -0.1) is 0 Å². The molecule has 0 spiro atoms. The van der Waals surface area contributed by atoms with E-state index in [2.05, 4.69) is 12.2 Å². The third kappa shape index (κ3) is 3.72. The molecule has 1 unspecified atom stereocenters. The van der Waals surface area contributed by atoms with Gasteiger partial charge in [-0.05, 0) is 38.2 Å². The van der Waals surface area contributed by atoms with Gasteiger partial charge in [-0.1, -0.05) is 18.2 Å². The van der Waals surface area contributed by atoms with E-state index in [9.17, 15) is 5.11 Å². The normalized spacial score (nSPS) is 18.6. The van der Waals surface area contributed by atoms with E-state index in [-0.39, 0.29) is 6.61 Å². The molecule has 2 rings (SSSR count). The SMILES string of the molecule is CC(CC1CCOCC1)Nc1ccccc1CO. The molecule has 1 aromatic carbocycles. The number of hydrogen-bond donors (Lipinski definition) is 2. The zero-order valence-corrected chi connectivity index (χ0v) is 11.1. The molecule has 1 atom stereocenters. The summed E-state index contributed by atoms with van der Waals surface area (Å²) in [6, 6.07) is 8.39. The predicted octanol–water partition coefficient (Wildman–Crippen LogP) is 2.80. The number of aliphatic hydroxyl groups excluding tert-OH is 1. The zero-order chi connectivity index (χ0) is 12.8. The largest absolute Gasteiger partial charge is 0.392 e. The van der Waals surface area contributed by atoms with Crippen LogP contribution in [0.3, 0.4) is 0 Å². The van der Waals surface area contributed by atoms with Crippen LogP contribution in [0, 0.1) is 5.92 Å². The molecule has 100 valence electrons. The maximum absolute atomic E-state index is 9.30. The molecule has 3 heteroatoms. The Hall–Kier alpha value is -1.06. The summed E-state index contributed by atoms with van der Waals surface area (Å²) < 4.78 is 5.38. The lowest BCUT2D eigenvalue weighted by molar-refractivity contribution is 0.0629. The number of rotatable bonds is 5. The maximum atomic E-state index is 9.30. The Morgan fingerprint density at radius 3 is 2.78 bits per heavy atom. The Balaban J connectivity index is 1.87. The summed E-state index contributed by atoms with van der Waals surface area (Å²) in [6.45, 7) is 4.12. The monoisotopic (exact) mass is 249 g/mol. The van der Waals surface area contributed by atoms with Crippen molar-refractivity contribution < 1.29 is 9.84 Å². The summed E-state index contributed by atoms with van der Waals surface area (Å²) in [5.74, 6) is 0.766. The second-order valence-electron chi connectivity index (χ2n) is 5.15. The van der Waals surface area contributed by atoms with E-state index in [1.807, 2.05) is 24.3 Å². The molecular formula is C15H23NO2. The molecule has 0 saturated carbocycles. The van der Waals surface area contributed by atoms with Crippen molar-refractivity contribution in [2.45, 2.75) is 38.8 Å². The van der Waals surface area contributed by atoms with Gasteiger partial charge in [0.2, 0.25) is 0 Å². The molecule has 18 heavy (non-hydrogen) atoms. The van der Waals surface area contributed by atoms with Crippen LogP contribution in [-0.4, -0.2) is 24.4 Å². The molecule has 1 heterocycles. The van der Waals surface area contributed by atoms with Crippen molar-refractivity contribution in [3.63, 3.8) is 0 Å². The molecule has 0 radical (unpaired) electrons. The van der Waals surface area contributed by atoms with Crippen LogP contribution in [0.2, 0.25) is 0 Å². The lowest BCUT2D eigenvalue weighted by Crippen LogP contribution is -2.24. The minimum absolute atomic E-state index is 0.0904. The second kappa shape index (κ2) is 6.76. The van der Waals surface area contributed by atoms with Crippen LogP contribution in [0.4, 0.5) is 5.69 Å². The van der Waals surface area contributed by atoms with Crippen molar-refractivity contribution in [3.8, 4) is 0 Å². The summed E-state index contributed by atoms with van der Waals surface area (Å²) in [4.78, 5) is 0. The molecule has 3 nitrogen and oxygen atoms in total. The minimum Gasteiger partial charge on any atom is -0.392 e. The molecule has 1 aliphatic rings. The Labute approximate surface area is 109 Å². The van der Waals surface area contributed by atoms with Crippen molar-refractivity contribution >= 4 is 5.69 Å². The van der Waals surface area contributed by atoms with Gasteiger partial charge in [0.1, 0.15) is 0 Å². The van der Waals surface area contributed by atoms with Gasteiger partial charge in [-0.3, -0.25) is 0 Å². The topological polar surface area (TPSA) is 41.5 Å². The minimum atomic E-state index is 0.0904. The lowest BCUT2D eigenvalue weighted by Gasteiger charge is -2.26. The molecule has 1 aromatic rings. The summed E-state index contributed by atoms with van der Waals surface area (Å²) >= 11 is 0. The number of anilines is 1. The molecule has 2 N–H and O–H groups in total. The van der Waals surface area contributed by atoms with Crippen LogP contribution >= 0.6 is 0 Å². The van der Waals surface area contributed by atoms with Crippen molar-refractivity contribution in [3.05, 3.63) is 29.8 Å². The number of benzene rings is 1. The Morgan fingerprint density at radius 2 is 2.06 bits per heavy atom. The number of hydrogen-bond acceptors (Lipinski definition) is 3. The molecule has 0 amide bonds. The first-order valence-electron chi connectivity index (χ1n) is 6.82. The van der Waals surface area contributed by atoms with Gasteiger partial charge < -0.3 is 15.2 Å². The number of ether oxygens (including phenoxy) is 1. The fourth-order valence-electron chi connectivity index (χ4n) is 2.61. The van der Waals surface area contributed by atoms with E-state index >= 15 is 0 Å². The Kier molecular flexibility index (Phi) is 5.02. The van der Waals surface area contributed by atoms with Crippen molar-refractivity contribution in [1.82, 2.24) is 0 Å². The third-order valence-electron chi connectivity index (χ3n) is 3.62. The standard InChI is InChI=1S/C15H23NO2/c1-12(10-13-6-8-18-9-7-13)16-15-5-3-2-4-14(15)11-17/h2-5,12-13,16-17H,6-11H2,1H3. The van der Waals surface area contributed by atoms with E-state index in [4.69, 9.17) is 4.74 Å². The summed E-state index contributed by atoms with van der Waals surface area (Å²) in [6.07, 6.45) is 3.52. The molecule has 0 aliphatic carbocycles. The molecular weight excluding hydrogens is 226 g/mol. The van der Waals surface area contributed by atoms with E-state index in [0.717, 1.165) is 30.4 Å². The van der Waals surface area contributed by atoms with Crippen molar-refractivity contribution in [2.24, 2.45) is 5.92 Å². The van der Waals surface area contributed by atoms with Crippen molar-refractivity contribution in [2.75, 3.05) is 18.5 Å². The maximum Gasteiger partial charge on any atom is 0.0701 e. The van der Waals surface area contributed by atoms with Crippen LogP contribution in [0.5, 0.6) is 0 Å². The average Bonchev–Trinajstić information content (AvgIpc) is 2.40. The second-order valence-corrected chi connectivity index (χ2v) is 5.15. The van der Waals surface area contributed by atoms with Gasteiger partial charge in [-0.25, -0.2) is 0 Å². The molecule has 0 aromatic heterocycles. The highest BCUT2D eigenvalue weighted by atomic mass is 16.5. The van der Waals surface area contributed by atoms with Crippen LogP contribution in [0.1, 0.15) is 31.7 Å². The Bertz CT molecular complexity index is 361. The first-order valence-corrected chi connectivity index (χ1v) is 6.82. The molecule has 0 bridgehead atoms. The number of nitrogens with one attached hydrogen (secondary N) is 1. The summed E-state index contributed by atoms with van der Waals surface area (Å²) in [7, 11) is 0. The lowest BCUT2D eigenvalue weighted by atomic mass is 9.93. The summed E-state index contributed by atoms with van der Waals surface area (Å²) in [5.41, 5.74) is 2.02. The van der Waals surface area contributed by atoms with E-state index in [1.165, 1.54) is 19.3 Å². The molecule has 1 fully saturated rings. The molecule has 1 aliphatic heterocycles. The van der Waals surface area contributed by atoms with Crippen LogP contribution < -0.4 is 5.32 Å². The van der Waals surface area contributed by atoms with Gasteiger partial charge in [0, 0.05) is 30.5 Å². The van der Waals surface area contributed by atoms with Crippen LogP contribution in [-0.2, 0) is 11.3 Å². The van der Waals surface area contributed by atoms with E-state index < -0.39 is 0 Å². The van der Waals surface area contributed by atoms with Gasteiger partial charge in [0.05, 0.1) is 6.61 Å².